The quantitative estimate of drug-likeness (QED) is 0.773. The number of rotatable bonds is 3. The van der Waals surface area contributed by atoms with Gasteiger partial charge >= 0.3 is 0 Å². The van der Waals surface area contributed by atoms with E-state index in [1.165, 1.54) is 21.3 Å². The summed E-state index contributed by atoms with van der Waals surface area (Å²) in [5, 5.41) is 6.86. The predicted molar refractivity (Wildman–Crippen MR) is 72.5 cm³/mol. The number of hydrogen-bond acceptors (Lipinski definition) is 3. The van der Waals surface area contributed by atoms with Crippen LogP contribution >= 0.6 is 0 Å². The van der Waals surface area contributed by atoms with Crippen molar-refractivity contribution in [1.29, 1.82) is 0 Å². The number of amidine groups is 1. The molecule has 3 rings (SSSR count). The molecular formula is C14H13N3O. The number of nitroso groups, excluding NO2 is 1. The molecule has 0 fully saturated rings. The van der Waals surface area contributed by atoms with Crippen LogP contribution in [-0.2, 0) is 6.42 Å². The fourth-order valence-corrected chi connectivity index (χ4v) is 2.34. The molecule has 0 amide bonds. The summed E-state index contributed by atoms with van der Waals surface area (Å²) in [4.78, 5) is 15.0. The van der Waals surface area contributed by atoms with Gasteiger partial charge in [0.2, 0.25) is 0 Å². The van der Waals surface area contributed by atoms with Crippen molar-refractivity contribution in [2.24, 2.45) is 10.3 Å². The first-order valence-corrected chi connectivity index (χ1v) is 5.99. The highest BCUT2D eigenvalue weighted by Gasteiger charge is 2.18. The van der Waals surface area contributed by atoms with E-state index in [1.807, 2.05) is 18.2 Å². The molecule has 0 atom stereocenters. The summed E-state index contributed by atoms with van der Waals surface area (Å²) >= 11 is 0. The summed E-state index contributed by atoms with van der Waals surface area (Å²) < 4.78 is 0. The fourth-order valence-electron chi connectivity index (χ4n) is 2.34. The molecule has 1 heterocycles. The van der Waals surface area contributed by atoms with E-state index in [0.29, 0.717) is 19.5 Å². The standard InChI is InChI=1S/C14H13N3O/c18-16-17-9-8-15-14(17)10-12-6-3-5-11-4-1-2-7-13(11)12/h1-7H,8-10H2. The number of nitrogens with zero attached hydrogens (tertiary/aromatic N) is 3. The topological polar surface area (TPSA) is 45.0 Å². The van der Waals surface area contributed by atoms with Crippen molar-refractivity contribution in [3.63, 3.8) is 0 Å². The maximum absolute atomic E-state index is 10.7. The molecule has 0 N–H and O–H groups in total. The van der Waals surface area contributed by atoms with E-state index in [1.54, 1.807) is 0 Å². The number of fused-ring (bicyclic) bond motifs is 1. The molecule has 18 heavy (non-hydrogen) atoms. The Balaban J connectivity index is 1.98. The number of hydrogen-bond donors (Lipinski definition) is 0. The first-order valence-electron chi connectivity index (χ1n) is 5.99. The molecule has 2 aromatic rings. The van der Waals surface area contributed by atoms with Crippen LogP contribution in [0.15, 0.2) is 52.7 Å². The maximum Gasteiger partial charge on any atom is 0.127 e. The van der Waals surface area contributed by atoms with Crippen LogP contribution in [-0.4, -0.2) is 23.9 Å². The molecule has 0 unspecified atom stereocenters. The smallest absolute Gasteiger partial charge is 0.127 e. The summed E-state index contributed by atoms with van der Waals surface area (Å²) in [5.74, 6) is 0.765. The predicted octanol–water partition coefficient (Wildman–Crippen LogP) is 2.78. The molecule has 0 saturated carbocycles. The third kappa shape index (κ3) is 1.86. The molecule has 0 aromatic heterocycles. The average molecular weight is 239 g/mol. The van der Waals surface area contributed by atoms with E-state index < -0.39 is 0 Å². The van der Waals surface area contributed by atoms with E-state index in [0.717, 1.165) is 5.84 Å². The van der Waals surface area contributed by atoms with E-state index in [2.05, 4.69) is 34.5 Å². The zero-order valence-electron chi connectivity index (χ0n) is 9.91. The Morgan fingerprint density at radius 3 is 2.89 bits per heavy atom. The molecule has 1 aliphatic heterocycles. The first kappa shape index (κ1) is 10.9. The van der Waals surface area contributed by atoms with Crippen LogP contribution < -0.4 is 0 Å². The minimum Gasteiger partial charge on any atom is -0.268 e. The van der Waals surface area contributed by atoms with Crippen molar-refractivity contribution in [2.75, 3.05) is 13.1 Å². The van der Waals surface area contributed by atoms with Gasteiger partial charge in [0, 0.05) is 6.42 Å². The molecule has 0 radical (unpaired) electrons. The second-order valence-electron chi connectivity index (χ2n) is 4.32. The third-order valence-electron chi connectivity index (χ3n) is 3.23. The summed E-state index contributed by atoms with van der Waals surface area (Å²) in [7, 11) is 0. The van der Waals surface area contributed by atoms with Crippen LogP contribution in [0.5, 0.6) is 0 Å². The zero-order valence-corrected chi connectivity index (χ0v) is 9.91. The molecule has 1 aliphatic rings. The Labute approximate surface area is 105 Å². The molecule has 0 aliphatic carbocycles. The lowest BCUT2D eigenvalue weighted by molar-refractivity contribution is 0.476. The van der Waals surface area contributed by atoms with Crippen LogP contribution in [0.3, 0.4) is 0 Å². The summed E-state index contributed by atoms with van der Waals surface area (Å²) in [6, 6.07) is 14.4. The molecule has 0 bridgehead atoms. The van der Waals surface area contributed by atoms with Gasteiger partial charge in [-0.3, -0.25) is 4.99 Å². The molecule has 0 saturated heterocycles. The van der Waals surface area contributed by atoms with Gasteiger partial charge in [-0.05, 0) is 16.3 Å². The second kappa shape index (κ2) is 4.56. The van der Waals surface area contributed by atoms with Crippen molar-refractivity contribution in [2.45, 2.75) is 6.42 Å². The van der Waals surface area contributed by atoms with Crippen LogP contribution in [0.1, 0.15) is 5.56 Å². The molecule has 90 valence electrons. The summed E-state index contributed by atoms with van der Waals surface area (Å²) in [6.07, 6.45) is 0.660. The Hall–Kier alpha value is -2.23. The van der Waals surface area contributed by atoms with Crippen molar-refractivity contribution in [3.8, 4) is 0 Å². The summed E-state index contributed by atoms with van der Waals surface area (Å²) in [5.41, 5.74) is 1.18. The van der Waals surface area contributed by atoms with Crippen LogP contribution in [0.25, 0.3) is 10.8 Å². The molecular weight excluding hydrogens is 226 g/mol. The van der Waals surface area contributed by atoms with Crippen molar-refractivity contribution in [1.82, 2.24) is 5.01 Å². The Bertz CT molecular complexity index is 616. The molecule has 2 aromatic carbocycles. The van der Waals surface area contributed by atoms with Gasteiger partial charge in [0.05, 0.1) is 18.4 Å². The lowest BCUT2D eigenvalue weighted by atomic mass is 10.0. The minimum atomic E-state index is 0.601. The van der Waals surface area contributed by atoms with E-state index in [4.69, 9.17) is 0 Å². The fraction of sp³-hybridized carbons (Fsp3) is 0.214. The van der Waals surface area contributed by atoms with Crippen molar-refractivity contribution < 1.29 is 0 Å². The van der Waals surface area contributed by atoms with Crippen molar-refractivity contribution >= 4 is 16.6 Å². The van der Waals surface area contributed by atoms with Gasteiger partial charge in [0.25, 0.3) is 0 Å². The lowest BCUT2D eigenvalue weighted by Gasteiger charge is -2.11. The SMILES string of the molecule is O=NN1CCN=C1Cc1cccc2ccccc12. The van der Waals surface area contributed by atoms with Gasteiger partial charge < -0.3 is 0 Å². The Kier molecular flexibility index (Phi) is 2.76. The largest absolute Gasteiger partial charge is 0.268 e. The van der Waals surface area contributed by atoms with Crippen LogP contribution in [0, 0.1) is 4.91 Å². The minimum absolute atomic E-state index is 0.601. The van der Waals surface area contributed by atoms with Gasteiger partial charge in [-0.2, -0.15) is 0 Å². The van der Waals surface area contributed by atoms with E-state index in [9.17, 15) is 4.91 Å². The number of aliphatic imine (C=N–C) groups is 1. The number of benzene rings is 2. The van der Waals surface area contributed by atoms with Gasteiger partial charge in [0.15, 0.2) is 0 Å². The Morgan fingerprint density at radius 2 is 2.00 bits per heavy atom. The monoisotopic (exact) mass is 239 g/mol. The highest BCUT2D eigenvalue weighted by atomic mass is 16.3. The molecule has 4 heteroatoms. The lowest BCUT2D eigenvalue weighted by Crippen LogP contribution is -2.23. The van der Waals surface area contributed by atoms with Gasteiger partial charge in [0.1, 0.15) is 5.84 Å². The average Bonchev–Trinajstić information content (AvgIpc) is 2.86. The highest BCUT2D eigenvalue weighted by Crippen LogP contribution is 2.20. The zero-order chi connectivity index (χ0) is 12.4. The van der Waals surface area contributed by atoms with Gasteiger partial charge in [-0.25, -0.2) is 5.01 Å². The normalized spacial score (nSPS) is 14.9. The van der Waals surface area contributed by atoms with Gasteiger partial charge in [-0.1, -0.05) is 42.5 Å². The highest BCUT2D eigenvalue weighted by molar-refractivity contribution is 5.92. The molecule has 0 spiro atoms. The van der Waals surface area contributed by atoms with Crippen molar-refractivity contribution in [3.05, 3.63) is 52.9 Å². The van der Waals surface area contributed by atoms with Gasteiger partial charge in [-0.15, -0.1) is 4.91 Å². The molecule has 4 nitrogen and oxygen atoms in total. The van der Waals surface area contributed by atoms with E-state index in [-0.39, 0.29) is 0 Å². The van der Waals surface area contributed by atoms with Crippen LogP contribution in [0.4, 0.5) is 0 Å². The van der Waals surface area contributed by atoms with Crippen LogP contribution in [0.2, 0.25) is 0 Å². The first-order chi connectivity index (χ1) is 8.88. The third-order valence-corrected chi connectivity index (χ3v) is 3.23. The maximum atomic E-state index is 10.7. The Morgan fingerprint density at radius 1 is 1.17 bits per heavy atom. The van der Waals surface area contributed by atoms with E-state index >= 15 is 0 Å². The summed E-state index contributed by atoms with van der Waals surface area (Å²) in [6.45, 7) is 1.26. The second-order valence-corrected chi connectivity index (χ2v) is 4.32.